The maximum Gasteiger partial charge on any atom is 0.155 e. The minimum Gasteiger partial charge on any atom is -0.295 e. The minimum absolute atomic E-state index is 0.240. The second-order valence-corrected chi connectivity index (χ2v) is 3.90. The second-order valence-electron chi connectivity index (χ2n) is 3.90. The van der Waals surface area contributed by atoms with E-state index in [0.29, 0.717) is 6.42 Å². The van der Waals surface area contributed by atoms with Gasteiger partial charge in [-0.3, -0.25) is 4.79 Å². The van der Waals surface area contributed by atoms with Gasteiger partial charge in [0, 0.05) is 6.42 Å². The number of ketones is 1. The molecule has 0 spiro atoms. The number of allylic oxidation sites excluding steroid dienone is 3. The lowest BCUT2D eigenvalue weighted by molar-refractivity contribution is -0.115. The monoisotopic (exact) mass is 178 g/mol. The first-order valence-electron chi connectivity index (χ1n) is 5.05. The van der Waals surface area contributed by atoms with E-state index in [1.807, 2.05) is 6.08 Å². The molecular formula is C12H18O. The van der Waals surface area contributed by atoms with Crippen LogP contribution in [0.3, 0.4) is 0 Å². The molecule has 13 heavy (non-hydrogen) atoms. The van der Waals surface area contributed by atoms with Crippen LogP contribution in [0, 0.1) is 5.41 Å². The van der Waals surface area contributed by atoms with Crippen molar-refractivity contribution in [2.75, 3.05) is 0 Å². The third kappa shape index (κ3) is 2.55. The van der Waals surface area contributed by atoms with Gasteiger partial charge < -0.3 is 0 Å². The van der Waals surface area contributed by atoms with Crippen molar-refractivity contribution in [1.29, 1.82) is 0 Å². The highest BCUT2D eigenvalue weighted by Gasteiger charge is 2.28. The van der Waals surface area contributed by atoms with Crippen LogP contribution in [0.15, 0.2) is 24.8 Å². The molecule has 0 N–H and O–H groups in total. The lowest BCUT2D eigenvalue weighted by Gasteiger charge is -2.31. The van der Waals surface area contributed by atoms with Crippen molar-refractivity contribution in [3.8, 4) is 0 Å². The first-order chi connectivity index (χ1) is 6.22. The number of rotatable bonds is 4. The summed E-state index contributed by atoms with van der Waals surface area (Å²) < 4.78 is 0. The van der Waals surface area contributed by atoms with Crippen molar-refractivity contribution < 1.29 is 4.79 Å². The van der Waals surface area contributed by atoms with E-state index < -0.39 is 0 Å². The molecule has 0 amide bonds. The van der Waals surface area contributed by atoms with E-state index in [1.54, 1.807) is 6.08 Å². The van der Waals surface area contributed by atoms with E-state index in [-0.39, 0.29) is 11.2 Å². The summed E-state index contributed by atoms with van der Waals surface area (Å²) in [7, 11) is 0. The Morgan fingerprint density at radius 2 is 2.46 bits per heavy atom. The maximum atomic E-state index is 11.0. The van der Waals surface area contributed by atoms with E-state index in [2.05, 4.69) is 19.6 Å². The molecule has 1 aliphatic carbocycles. The first-order valence-corrected chi connectivity index (χ1v) is 5.05. The van der Waals surface area contributed by atoms with Crippen LogP contribution >= 0.6 is 0 Å². The van der Waals surface area contributed by atoms with Crippen LogP contribution in [0.4, 0.5) is 0 Å². The predicted molar refractivity (Wildman–Crippen MR) is 55.5 cm³/mol. The smallest absolute Gasteiger partial charge is 0.155 e. The first kappa shape index (κ1) is 10.2. The number of hydrogen-bond acceptors (Lipinski definition) is 1. The van der Waals surface area contributed by atoms with Crippen LogP contribution in [0.2, 0.25) is 0 Å². The summed E-state index contributed by atoms with van der Waals surface area (Å²) in [6.07, 6.45) is 10.9. The van der Waals surface area contributed by atoms with Gasteiger partial charge in [0.2, 0.25) is 0 Å². The van der Waals surface area contributed by atoms with Gasteiger partial charge in [-0.15, -0.1) is 6.58 Å². The molecule has 0 bridgehead atoms. The lowest BCUT2D eigenvalue weighted by Crippen LogP contribution is -2.22. The molecule has 0 saturated carbocycles. The molecule has 0 aliphatic heterocycles. The number of hydrogen-bond donors (Lipinski definition) is 0. The molecular weight excluding hydrogens is 160 g/mol. The fraction of sp³-hybridized carbons (Fsp3) is 0.583. The molecule has 1 heteroatoms. The summed E-state index contributed by atoms with van der Waals surface area (Å²) in [5, 5.41) is 0. The Kier molecular flexibility index (Phi) is 3.47. The molecule has 0 radical (unpaired) electrons. The van der Waals surface area contributed by atoms with Crippen LogP contribution < -0.4 is 0 Å². The zero-order chi connectivity index (χ0) is 9.73. The van der Waals surface area contributed by atoms with Crippen LogP contribution in [0.25, 0.3) is 0 Å². The molecule has 1 nitrogen and oxygen atoms in total. The van der Waals surface area contributed by atoms with Gasteiger partial charge in [-0.1, -0.05) is 25.5 Å². The Balaban J connectivity index is 2.72. The Hall–Kier alpha value is -0.850. The van der Waals surface area contributed by atoms with Gasteiger partial charge >= 0.3 is 0 Å². The van der Waals surface area contributed by atoms with Gasteiger partial charge in [0.1, 0.15) is 0 Å². The summed E-state index contributed by atoms with van der Waals surface area (Å²) in [5.41, 5.74) is 0.240. The van der Waals surface area contributed by atoms with Crippen LogP contribution in [-0.4, -0.2) is 5.78 Å². The van der Waals surface area contributed by atoms with E-state index in [1.165, 1.54) is 12.8 Å². The van der Waals surface area contributed by atoms with E-state index in [4.69, 9.17) is 0 Å². The fourth-order valence-corrected chi connectivity index (χ4v) is 2.07. The van der Waals surface area contributed by atoms with Crippen molar-refractivity contribution in [1.82, 2.24) is 0 Å². The summed E-state index contributed by atoms with van der Waals surface area (Å²) in [5.74, 6) is 0.274. The van der Waals surface area contributed by atoms with Crippen LogP contribution in [-0.2, 0) is 4.79 Å². The second kappa shape index (κ2) is 4.40. The summed E-state index contributed by atoms with van der Waals surface area (Å²) in [6.45, 7) is 5.97. The number of carbonyl (C=O) groups is 1. The molecule has 1 rings (SSSR count). The average Bonchev–Trinajstić information content (AvgIpc) is 2.11. The zero-order valence-corrected chi connectivity index (χ0v) is 8.38. The third-order valence-corrected chi connectivity index (χ3v) is 2.79. The molecule has 0 heterocycles. The zero-order valence-electron chi connectivity index (χ0n) is 8.38. The highest BCUT2D eigenvalue weighted by molar-refractivity contribution is 5.90. The maximum absolute atomic E-state index is 11.0. The average molecular weight is 178 g/mol. The quantitative estimate of drug-likeness (QED) is 0.604. The Labute approximate surface area is 80.5 Å². The van der Waals surface area contributed by atoms with Gasteiger partial charge in [0.25, 0.3) is 0 Å². The SMILES string of the molecule is C=CCC1(CCC)C=CC(=O)CC1. The van der Waals surface area contributed by atoms with E-state index >= 15 is 0 Å². The molecule has 0 aromatic rings. The van der Waals surface area contributed by atoms with Gasteiger partial charge in [0.15, 0.2) is 5.78 Å². The van der Waals surface area contributed by atoms with Crippen molar-refractivity contribution in [2.24, 2.45) is 5.41 Å². The van der Waals surface area contributed by atoms with Gasteiger partial charge in [-0.05, 0) is 30.8 Å². The Morgan fingerprint density at radius 3 is 2.92 bits per heavy atom. The molecule has 1 atom stereocenters. The topological polar surface area (TPSA) is 17.1 Å². The van der Waals surface area contributed by atoms with E-state index in [9.17, 15) is 4.79 Å². The van der Waals surface area contributed by atoms with E-state index in [0.717, 1.165) is 12.8 Å². The largest absolute Gasteiger partial charge is 0.295 e. The van der Waals surface area contributed by atoms with Gasteiger partial charge in [-0.25, -0.2) is 0 Å². The van der Waals surface area contributed by atoms with Crippen molar-refractivity contribution in [3.63, 3.8) is 0 Å². The standard InChI is InChI=1S/C12H18O/c1-3-7-12(8-4-2)9-5-11(13)6-10-12/h3,5,9H,1,4,6-8,10H2,2H3. The number of carbonyl (C=O) groups excluding carboxylic acids is 1. The van der Waals surface area contributed by atoms with Crippen molar-refractivity contribution in [2.45, 2.75) is 39.0 Å². The minimum atomic E-state index is 0.240. The molecule has 0 fully saturated rings. The predicted octanol–water partition coefficient (Wildman–Crippen LogP) is 3.27. The lowest BCUT2D eigenvalue weighted by atomic mass is 9.73. The van der Waals surface area contributed by atoms with Crippen molar-refractivity contribution in [3.05, 3.63) is 24.8 Å². The normalized spacial score (nSPS) is 27.6. The van der Waals surface area contributed by atoms with Crippen molar-refractivity contribution >= 4 is 5.78 Å². The Bertz CT molecular complexity index is 227. The summed E-state index contributed by atoms with van der Waals surface area (Å²) in [4.78, 5) is 11.0. The highest BCUT2D eigenvalue weighted by atomic mass is 16.1. The highest BCUT2D eigenvalue weighted by Crippen LogP contribution is 2.38. The molecule has 0 saturated heterocycles. The van der Waals surface area contributed by atoms with Gasteiger partial charge in [0.05, 0.1) is 0 Å². The molecule has 0 aromatic carbocycles. The van der Waals surface area contributed by atoms with Crippen LogP contribution in [0.5, 0.6) is 0 Å². The molecule has 72 valence electrons. The summed E-state index contributed by atoms with van der Waals surface area (Å²) in [6, 6.07) is 0. The third-order valence-electron chi connectivity index (χ3n) is 2.79. The molecule has 1 unspecified atom stereocenters. The Morgan fingerprint density at radius 1 is 1.69 bits per heavy atom. The van der Waals surface area contributed by atoms with Gasteiger partial charge in [-0.2, -0.15) is 0 Å². The molecule has 0 aromatic heterocycles. The molecule has 1 aliphatic rings. The van der Waals surface area contributed by atoms with Crippen LogP contribution in [0.1, 0.15) is 39.0 Å². The summed E-state index contributed by atoms with van der Waals surface area (Å²) >= 11 is 0. The fourth-order valence-electron chi connectivity index (χ4n) is 2.07.